The number of hydrazone groups is 1. The standard InChI is InChI=1S/C33H26ClN3O6/c1-3-40-27-15-20(11-13-26(27)43-33(39)21-12-14-25-28(16-21)42-18-41-25)17-35-37-32(38)31-29(22-8-4-5-10-24(22)34)23-9-6-7-19(2)30(23)36-31/h4-17,36H,3,18H2,1-2H3,(H,37,38). The third-order valence-electron chi connectivity index (χ3n) is 6.87. The summed E-state index contributed by atoms with van der Waals surface area (Å²) in [6.45, 7) is 4.25. The van der Waals surface area contributed by atoms with Crippen molar-refractivity contribution in [3.8, 4) is 34.1 Å². The Balaban J connectivity index is 1.22. The van der Waals surface area contributed by atoms with Gasteiger partial charge in [0.15, 0.2) is 23.0 Å². The number of amides is 1. The largest absolute Gasteiger partial charge is 0.490 e. The van der Waals surface area contributed by atoms with Crippen molar-refractivity contribution in [1.82, 2.24) is 10.4 Å². The summed E-state index contributed by atoms with van der Waals surface area (Å²) in [5.41, 5.74) is 7.15. The first-order chi connectivity index (χ1) is 20.9. The zero-order chi connectivity index (χ0) is 29.9. The Morgan fingerprint density at radius 1 is 1.00 bits per heavy atom. The minimum Gasteiger partial charge on any atom is -0.490 e. The summed E-state index contributed by atoms with van der Waals surface area (Å²) in [4.78, 5) is 29.4. The van der Waals surface area contributed by atoms with Crippen LogP contribution in [0.4, 0.5) is 0 Å². The SMILES string of the molecule is CCOc1cc(C=NNC(=O)c2[nH]c3c(C)cccc3c2-c2ccccc2Cl)ccc1OC(=O)c1ccc2c(c1)OCO2. The van der Waals surface area contributed by atoms with Gasteiger partial charge in [-0.3, -0.25) is 4.79 Å². The van der Waals surface area contributed by atoms with Gasteiger partial charge in [0.2, 0.25) is 6.79 Å². The van der Waals surface area contributed by atoms with Crippen molar-refractivity contribution in [2.24, 2.45) is 5.10 Å². The summed E-state index contributed by atoms with van der Waals surface area (Å²) in [7, 11) is 0. The van der Waals surface area contributed by atoms with Crippen LogP contribution in [0.3, 0.4) is 0 Å². The topological polar surface area (TPSA) is 111 Å². The summed E-state index contributed by atoms with van der Waals surface area (Å²) in [5.74, 6) is 0.635. The highest BCUT2D eigenvalue weighted by Gasteiger charge is 2.22. The number of aromatic amines is 1. The van der Waals surface area contributed by atoms with Crippen LogP contribution < -0.4 is 24.4 Å². The lowest BCUT2D eigenvalue weighted by Gasteiger charge is -2.11. The molecule has 1 aliphatic heterocycles. The Labute approximate surface area is 252 Å². The van der Waals surface area contributed by atoms with Crippen molar-refractivity contribution in [2.45, 2.75) is 13.8 Å². The molecular weight excluding hydrogens is 570 g/mol. The van der Waals surface area contributed by atoms with Gasteiger partial charge >= 0.3 is 5.97 Å². The van der Waals surface area contributed by atoms with Crippen molar-refractivity contribution < 1.29 is 28.5 Å². The van der Waals surface area contributed by atoms with E-state index in [1.807, 2.05) is 50.2 Å². The molecule has 1 amide bonds. The molecule has 2 heterocycles. The number of nitrogens with zero attached hydrogens (tertiary/aromatic N) is 1. The van der Waals surface area contributed by atoms with Crippen molar-refractivity contribution in [3.05, 3.63) is 106 Å². The summed E-state index contributed by atoms with van der Waals surface area (Å²) in [6.07, 6.45) is 1.48. The molecule has 0 radical (unpaired) electrons. The first kappa shape index (κ1) is 27.9. The van der Waals surface area contributed by atoms with E-state index in [0.717, 1.165) is 22.0 Å². The van der Waals surface area contributed by atoms with Gasteiger partial charge in [0.05, 0.1) is 18.4 Å². The molecule has 216 valence electrons. The Kier molecular flexibility index (Phi) is 7.72. The molecule has 0 bridgehead atoms. The molecule has 0 atom stereocenters. The maximum absolute atomic E-state index is 13.4. The molecule has 10 heteroatoms. The molecule has 0 saturated carbocycles. The van der Waals surface area contributed by atoms with Gasteiger partial charge < -0.3 is 23.9 Å². The lowest BCUT2D eigenvalue weighted by atomic mass is 10.0. The van der Waals surface area contributed by atoms with E-state index in [1.54, 1.807) is 42.5 Å². The number of para-hydroxylation sites is 1. The zero-order valence-electron chi connectivity index (χ0n) is 23.3. The van der Waals surface area contributed by atoms with E-state index >= 15 is 0 Å². The summed E-state index contributed by atoms with van der Waals surface area (Å²) in [5, 5.41) is 5.59. The highest BCUT2D eigenvalue weighted by Crippen LogP contribution is 2.38. The van der Waals surface area contributed by atoms with Gasteiger partial charge in [0, 0.05) is 27.1 Å². The molecule has 2 N–H and O–H groups in total. The lowest BCUT2D eigenvalue weighted by molar-refractivity contribution is 0.0727. The van der Waals surface area contributed by atoms with Crippen LogP contribution in [0.2, 0.25) is 5.02 Å². The number of aromatic nitrogens is 1. The molecule has 1 aromatic heterocycles. The molecule has 6 rings (SSSR count). The highest BCUT2D eigenvalue weighted by atomic mass is 35.5. The third kappa shape index (κ3) is 5.62. The number of aryl methyl sites for hydroxylation is 1. The predicted molar refractivity (Wildman–Crippen MR) is 164 cm³/mol. The van der Waals surface area contributed by atoms with Gasteiger partial charge in [-0.1, -0.05) is 48.0 Å². The maximum Gasteiger partial charge on any atom is 0.343 e. The van der Waals surface area contributed by atoms with E-state index in [1.165, 1.54) is 6.21 Å². The van der Waals surface area contributed by atoms with Crippen molar-refractivity contribution in [2.75, 3.05) is 13.4 Å². The molecule has 5 aromatic rings. The molecule has 0 fully saturated rings. The smallest absolute Gasteiger partial charge is 0.343 e. The van der Waals surface area contributed by atoms with E-state index < -0.39 is 11.9 Å². The Bertz CT molecular complexity index is 1900. The quantitative estimate of drug-likeness (QED) is 0.0873. The number of carbonyl (C=O) groups excluding carboxylic acids is 2. The Morgan fingerprint density at radius 2 is 1.84 bits per heavy atom. The maximum atomic E-state index is 13.4. The molecule has 43 heavy (non-hydrogen) atoms. The minimum atomic E-state index is -0.573. The fraction of sp³-hybridized carbons (Fsp3) is 0.121. The number of hydrogen-bond acceptors (Lipinski definition) is 7. The first-order valence-electron chi connectivity index (χ1n) is 13.5. The second kappa shape index (κ2) is 11.9. The number of ether oxygens (including phenoxy) is 4. The highest BCUT2D eigenvalue weighted by molar-refractivity contribution is 6.34. The number of rotatable bonds is 8. The molecule has 0 aliphatic carbocycles. The van der Waals surface area contributed by atoms with Crippen molar-refractivity contribution in [3.63, 3.8) is 0 Å². The molecular formula is C33H26ClN3O6. The first-order valence-corrected chi connectivity index (χ1v) is 13.9. The van der Waals surface area contributed by atoms with Crippen LogP contribution in [0.1, 0.15) is 38.9 Å². The predicted octanol–water partition coefficient (Wildman–Crippen LogP) is 6.91. The number of H-pyrrole nitrogens is 1. The Hall–Kier alpha value is -5.28. The average Bonchev–Trinajstić information content (AvgIpc) is 3.64. The average molecular weight is 596 g/mol. The van der Waals surface area contributed by atoms with Crippen LogP contribution in [0, 0.1) is 6.92 Å². The lowest BCUT2D eigenvalue weighted by Crippen LogP contribution is -2.19. The van der Waals surface area contributed by atoms with Gasteiger partial charge in [-0.2, -0.15) is 5.10 Å². The van der Waals surface area contributed by atoms with Gasteiger partial charge in [0.25, 0.3) is 5.91 Å². The molecule has 0 saturated heterocycles. The van der Waals surface area contributed by atoms with Gasteiger partial charge in [-0.15, -0.1) is 0 Å². The van der Waals surface area contributed by atoms with E-state index in [4.69, 9.17) is 30.5 Å². The number of halogens is 1. The number of benzene rings is 4. The number of carbonyl (C=O) groups is 2. The van der Waals surface area contributed by atoms with E-state index in [2.05, 4.69) is 15.5 Å². The van der Waals surface area contributed by atoms with E-state index in [9.17, 15) is 9.59 Å². The number of fused-ring (bicyclic) bond motifs is 2. The number of hydrogen-bond donors (Lipinski definition) is 2. The molecule has 9 nitrogen and oxygen atoms in total. The van der Waals surface area contributed by atoms with Crippen LogP contribution in [0.15, 0.2) is 84.0 Å². The van der Waals surface area contributed by atoms with Gasteiger partial charge in [-0.05, 0) is 67.4 Å². The molecule has 0 spiro atoms. The summed E-state index contributed by atoms with van der Waals surface area (Å²) >= 11 is 6.53. The zero-order valence-corrected chi connectivity index (χ0v) is 24.0. The molecule has 4 aromatic carbocycles. The van der Waals surface area contributed by atoms with Crippen LogP contribution in [-0.4, -0.2) is 36.5 Å². The normalized spacial score (nSPS) is 12.1. The molecule has 1 aliphatic rings. The second-order valence-corrected chi connectivity index (χ2v) is 10.1. The van der Waals surface area contributed by atoms with Crippen LogP contribution >= 0.6 is 11.6 Å². The monoisotopic (exact) mass is 595 g/mol. The van der Waals surface area contributed by atoms with Crippen LogP contribution in [0.25, 0.3) is 22.0 Å². The fourth-order valence-electron chi connectivity index (χ4n) is 4.84. The van der Waals surface area contributed by atoms with Gasteiger partial charge in [-0.25, -0.2) is 10.2 Å². The summed E-state index contributed by atoms with van der Waals surface area (Å²) in [6, 6.07) is 23.1. The van der Waals surface area contributed by atoms with Crippen LogP contribution in [0.5, 0.6) is 23.0 Å². The van der Waals surface area contributed by atoms with Crippen LogP contribution in [-0.2, 0) is 0 Å². The number of esters is 1. The summed E-state index contributed by atoms with van der Waals surface area (Å²) < 4.78 is 22.0. The Morgan fingerprint density at radius 3 is 2.67 bits per heavy atom. The van der Waals surface area contributed by atoms with Gasteiger partial charge in [0.1, 0.15) is 5.69 Å². The van der Waals surface area contributed by atoms with Crippen molar-refractivity contribution >= 4 is 40.6 Å². The minimum absolute atomic E-state index is 0.107. The third-order valence-corrected chi connectivity index (χ3v) is 7.20. The second-order valence-electron chi connectivity index (χ2n) is 9.65. The van der Waals surface area contributed by atoms with E-state index in [0.29, 0.717) is 51.3 Å². The fourth-order valence-corrected chi connectivity index (χ4v) is 5.07. The molecule has 0 unspecified atom stereocenters. The number of nitrogens with one attached hydrogen (secondary N) is 2. The van der Waals surface area contributed by atoms with Crippen molar-refractivity contribution in [1.29, 1.82) is 0 Å². The van der Waals surface area contributed by atoms with E-state index in [-0.39, 0.29) is 12.5 Å².